The fraction of sp³-hybridized carbons (Fsp3) is 0.273. The van der Waals surface area contributed by atoms with Crippen molar-refractivity contribution in [2.45, 2.75) is 12.3 Å². The average molecular weight is 271 g/mol. The van der Waals surface area contributed by atoms with Gasteiger partial charge in [-0.1, -0.05) is 15.9 Å². The van der Waals surface area contributed by atoms with Gasteiger partial charge in [-0.3, -0.25) is 0 Å². The highest BCUT2D eigenvalue weighted by molar-refractivity contribution is 9.08. The monoisotopic (exact) mass is 270 g/mol. The maximum Gasteiger partial charge on any atom is 0.119 e. The minimum Gasteiger partial charge on any atom is -0.497 e. The second kappa shape index (κ2) is 3.91. The number of halogens is 1. The number of hydrogen-bond acceptors (Lipinski definition) is 2. The molecule has 0 bridgehead atoms. The molecular weight excluding hydrogens is 260 g/mol. The van der Waals surface area contributed by atoms with Crippen LogP contribution in [0.4, 0.5) is 0 Å². The number of aryl methyl sites for hydroxylation is 1. The summed E-state index contributed by atoms with van der Waals surface area (Å²) in [5.74, 6) is 0.940. The Morgan fingerprint density at radius 1 is 1.43 bits per heavy atom. The van der Waals surface area contributed by atoms with Gasteiger partial charge < -0.3 is 4.74 Å². The predicted molar refractivity (Wildman–Crippen MR) is 65.7 cm³/mol. The Hall–Kier alpha value is -0.540. The third-order valence-electron chi connectivity index (χ3n) is 2.29. The van der Waals surface area contributed by atoms with Crippen molar-refractivity contribution in [1.29, 1.82) is 0 Å². The molecule has 0 N–H and O–H groups in total. The van der Waals surface area contributed by atoms with Crippen molar-refractivity contribution in [2.24, 2.45) is 0 Å². The normalized spacial score (nSPS) is 10.8. The molecule has 1 aromatic heterocycles. The molecule has 0 amide bonds. The molecule has 3 heteroatoms. The lowest BCUT2D eigenvalue weighted by atomic mass is 10.1. The second-order valence-corrected chi connectivity index (χ2v) is 4.66. The van der Waals surface area contributed by atoms with Crippen molar-refractivity contribution in [3.63, 3.8) is 0 Å². The zero-order valence-electron chi connectivity index (χ0n) is 8.13. The van der Waals surface area contributed by atoms with E-state index in [1.807, 2.05) is 0 Å². The van der Waals surface area contributed by atoms with Gasteiger partial charge in [0.25, 0.3) is 0 Å². The first kappa shape index (κ1) is 9.99. The van der Waals surface area contributed by atoms with Crippen LogP contribution in [-0.4, -0.2) is 7.11 Å². The van der Waals surface area contributed by atoms with Crippen LogP contribution in [0.1, 0.15) is 11.1 Å². The summed E-state index contributed by atoms with van der Waals surface area (Å²) in [6, 6.07) is 4.19. The lowest BCUT2D eigenvalue weighted by molar-refractivity contribution is 0.415. The van der Waals surface area contributed by atoms with E-state index >= 15 is 0 Å². The standard InChI is InChI=1S/C11H11BrOS/c1-7-3-9(13-2)4-10-8(5-12)6-14-11(7)10/h3-4,6H,5H2,1-2H3. The average Bonchev–Trinajstić information content (AvgIpc) is 2.61. The Kier molecular flexibility index (Phi) is 2.79. The van der Waals surface area contributed by atoms with E-state index in [2.05, 4.69) is 40.4 Å². The molecule has 0 saturated heterocycles. The number of methoxy groups -OCH3 is 1. The summed E-state index contributed by atoms with van der Waals surface area (Å²) in [4.78, 5) is 0. The lowest BCUT2D eigenvalue weighted by Gasteiger charge is -2.03. The number of fused-ring (bicyclic) bond motifs is 1. The van der Waals surface area contributed by atoms with Crippen LogP contribution in [-0.2, 0) is 5.33 Å². The van der Waals surface area contributed by atoms with Gasteiger partial charge in [0, 0.05) is 15.4 Å². The number of hydrogen-bond donors (Lipinski definition) is 0. The molecule has 0 radical (unpaired) electrons. The molecule has 0 aliphatic carbocycles. The van der Waals surface area contributed by atoms with Crippen LogP contribution in [0, 0.1) is 6.92 Å². The highest BCUT2D eigenvalue weighted by Crippen LogP contribution is 2.33. The highest BCUT2D eigenvalue weighted by Gasteiger charge is 2.07. The van der Waals surface area contributed by atoms with Crippen LogP contribution in [0.25, 0.3) is 10.1 Å². The third kappa shape index (κ3) is 1.55. The van der Waals surface area contributed by atoms with E-state index in [4.69, 9.17) is 4.74 Å². The first-order valence-electron chi connectivity index (χ1n) is 4.37. The number of thiophene rings is 1. The lowest BCUT2D eigenvalue weighted by Crippen LogP contribution is -1.84. The number of rotatable bonds is 2. The third-order valence-corrected chi connectivity index (χ3v) is 4.08. The zero-order chi connectivity index (χ0) is 10.1. The molecule has 0 spiro atoms. The summed E-state index contributed by atoms with van der Waals surface area (Å²) >= 11 is 5.29. The quantitative estimate of drug-likeness (QED) is 0.747. The van der Waals surface area contributed by atoms with E-state index in [9.17, 15) is 0 Å². The SMILES string of the molecule is COc1cc(C)c2scc(CBr)c2c1. The summed E-state index contributed by atoms with van der Waals surface area (Å²) < 4.78 is 6.62. The first-order valence-corrected chi connectivity index (χ1v) is 6.37. The first-order chi connectivity index (χ1) is 6.76. The Balaban J connectivity index is 2.73. The largest absolute Gasteiger partial charge is 0.497 e. The van der Waals surface area contributed by atoms with Crippen molar-refractivity contribution >= 4 is 37.4 Å². The van der Waals surface area contributed by atoms with Crippen LogP contribution in [0.5, 0.6) is 5.75 Å². The summed E-state index contributed by atoms with van der Waals surface area (Å²) in [7, 11) is 1.71. The Morgan fingerprint density at radius 2 is 2.21 bits per heavy atom. The van der Waals surface area contributed by atoms with Crippen molar-refractivity contribution in [3.8, 4) is 5.75 Å². The van der Waals surface area contributed by atoms with E-state index < -0.39 is 0 Å². The Labute approximate surface area is 95.8 Å². The maximum atomic E-state index is 5.26. The summed E-state index contributed by atoms with van der Waals surface area (Å²) in [6.07, 6.45) is 0. The second-order valence-electron chi connectivity index (χ2n) is 3.22. The Bertz CT molecular complexity index is 462. The molecule has 1 aromatic carbocycles. The maximum absolute atomic E-state index is 5.26. The minimum absolute atomic E-state index is 0.902. The van der Waals surface area contributed by atoms with Crippen molar-refractivity contribution in [2.75, 3.05) is 7.11 Å². The van der Waals surface area contributed by atoms with E-state index in [1.165, 1.54) is 21.2 Å². The van der Waals surface area contributed by atoms with Gasteiger partial charge in [0.05, 0.1) is 7.11 Å². The zero-order valence-corrected chi connectivity index (χ0v) is 10.5. The van der Waals surface area contributed by atoms with E-state index in [-0.39, 0.29) is 0 Å². The molecule has 2 rings (SSSR count). The van der Waals surface area contributed by atoms with E-state index in [0.717, 1.165) is 11.1 Å². The van der Waals surface area contributed by atoms with Crippen LogP contribution in [0.3, 0.4) is 0 Å². The highest BCUT2D eigenvalue weighted by atomic mass is 79.9. The minimum atomic E-state index is 0.902. The van der Waals surface area contributed by atoms with Gasteiger partial charge in [-0.2, -0.15) is 0 Å². The molecule has 0 unspecified atom stereocenters. The summed E-state index contributed by atoms with van der Waals surface area (Å²) in [5.41, 5.74) is 2.63. The Morgan fingerprint density at radius 3 is 2.86 bits per heavy atom. The molecule has 0 saturated carbocycles. The smallest absolute Gasteiger partial charge is 0.119 e. The van der Waals surface area contributed by atoms with E-state index in [1.54, 1.807) is 18.4 Å². The number of alkyl halides is 1. The van der Waals surface area contributed by atoms with Crippen LogP contribution >= 0.6 is 27.3 Å². The summed E-state index contributed by atoms with van der Waals surface area (Å²) in [5, 5.41) is 4.41. The molecule has 1 nitrogen and oxygen atoms in total. The molecule has 2 aromatic rings. The molecule has 0 aliphatic rings. The molecular formula is C11H11BrOS. The van der Waals surface area contributed by atoms with Gasteiger partial charge in [0.1, 0.15) is 5.75 Å². The van der Waals surface area contributed by atoms with Crippen molar-refractivity contribution in [3.05, 3.63) is 28.6 Å². The fourth-order valence-corrected chi connectivity index (χ4v) is 3.26. The fourth-order valence-electron chi connectivity index (χ4n) is 1.55. The van der Waals surface area contributed by atoms with Gasteiger partial charge in [-0.15, -0.1) is 11.3 Å². The predicted octanol–water partition coefficient (Wildman–Crippen LogP) is 4.11. The molecule has 0 aliphatic heterocycles. The molecule has 0 fully saturated rings. The van der Waals surface area contributed by atoms with Crippen LogP contribution in [0.15, 0.2) is 17.5 Å². The number of benzene rings is 1. The van der Waals surface area contributed by atoms with Gasteiger partial charge >= 0.3 is 0 Å². The molecule has 0 atom stereocenters. The van der Waals surface area contributed by atoms with Crippen LogP contribution in [0.2, 0.25) is 0 Å². The summed E-state index contributed by atoms with van der Waals surface area (Å²) in [6.45, 7) is 2.12. The van der Waals surface area contributed by atoms with Crippen molar-refractivity contribution < 1.29 is 4.74 Å². The molecule has 14 heavy (non-hydrogen) atoms. The van der Waals surface area contributed by atoms with Gasteiger partial charge in [-0.05, 0) is 35.6 Å². The van der Waals surface area contributed by atoms with Crippen LogP contribution < -0.4 is 4.74 Å². The molecule has 74 valence electrons. The van der Waals surface area contributed by atoms with Crippen molar-refractivity contribution in [1.82, 2.24) is 0 Å². The van der Waals surface area contributed by atoms with Gasteiger partial charge in [-0.25, -0.2) is 0 Å². The van der Waals surface area contributed by atoms with Gasteiger partial charge in [0.15, 0.2) is 0 Å². The topological polar surface area (TPSA) is 9.23 Å². The molecule has 1 heterocycles. The number of ether oxygens (including phenoxy) is 1. The van der Waals surface area contributed by atoms with E-state index in [0.29, 0.717) is 0 Å². The van der Waals surface area contributed by atoms with Gasteiger partial charge in [0.2, 0.25) is 0 Å².